The van der Waals surface area contributed by atoms with Crippen molar-refractivity contribution in [1.29, 1.82) is 0 Å². The number of hydrogen-bond acceptors (Lipinski definition) is 5. The number of nitrogens with one attached hydrogen (secondary N) is 1. The molecule has 0 aliphatic carbocycles. The van der Waals surface area contributed by atoms with E-state index in [2.05, 4.69) is 10.3 Å². The lowest BCUT2D eigenvalue weighted by molar-refractivity contribution is -0.142. The van der Waals surface area contributed by atoms with Crippen molar-refractivity contribution < 1.29 is 13.9 Å². The number of carbonyl (C=O) groups excluding carboxylic acids is 1. The predicted octanol–water partition coefficient (Wildman–Crippen LogP) is 2.27. The van der Waals surface area contributed by atoms with Crippen molar-refractivity contribution in [2.24, 2.45) is 0 Å². The van der Waals surface area contributed by atoms with Gasteiger partial charge in [-0.15, -0.1) is 0 Å². The van der Waals surface area contributed by atoms with Gasteiger partial charge in [0.05, 0.1) is 12.2 Å². The summed E-state index contributed by atoms with van der Waals surface area (Å²) >= 11 is 0. The number of fused-ring (bicyclic) bond motifs is 1. The molecule has 2 heterocycles. The second-order valence-corrected chi connectivity index (χ2v) is 5.72. The first-order valence-corrected chi connectivity index (χ1v) is 7.64. The standard InChI is InChI=1S/C16H21N3O3/c1-11-9-19(10-12(2)21-11)15(20)7-8-17-16-18-13-5-3-4-6-14(13)22-16/h3-6,11-12H,7-10H2,1-2H3,(H,17,18)/t11-,12-/m0/s1. The summed E-state index contributed by atoms with van der Waals surface area (Å²) in [6, 6.07) is 8.04. The zero-order valence-corrected chi connectivity index (χ0v) is 12.9. The Bertz CT molecular complexity index is 612. The predicted molar refractivity (Wildman–Crippen MR) is 83.7 cm³/mol. The fourth-order valence-electron chi connectivity index (χ4n) is 2.76. The molecule has 1 aromatic heterocycles. The van der Waals surface area contributed by atoms with Crippen molar-refractivity contribution in [2.75, 3.05) is 25.0 Å². The summed E-state index contributed by atoms with van der Waals surface area (Å²) in [6.07, 6.45) is 0.605. The van der Waals surface area contributed by atoms with Gasteiger partial charge in [0.1, 0.15) is 5.52 Å². The highest BCUT2D eigenvalue weighted by atomic mass is 16.5. The lowest BCUT2D eigenvalue weighted by Crippen LogP contribution is -2.48. The summed E-state index contributed by atoms with van der Waals surface area (Å²) in [5.74, 6) is 0.130. The molecule has 1 aromatic carbocycles. The highest BCUT2D eigenvalue weighted by Crippen LogP contribution is 2.18. The summed E-state index contributed by atoms with van der Waals surface area (Å²) in [7, 11) is 0. The quantitative estimate of drug-likeness (QED) is 0.938. The van der Waals surface area contributed by atoms with Gasteiger partial charge in [0.2, 0.25) is 5.91 Å². The van der Waals surface area contributed by atoms with Crippen molar-refractivity contribution in [3.8, 4) is 0 Å². The van der Waals surface area contributed by atoms with Gasteiger partial charge in [-0.05, 0) is 26.0 Å². The van der Waals surface area contributed by atoms with Gasteiger partial charge in [-0.3, -0.25) is 4.79 Å². The van der Waals surface area contributed by atoms with Crippen LogP contribution in [0.2, 0.25) is 0 Å². The first-order chi connectivity index (χ1) is 10.6. The van der Waals surface area contributed by atoms with Crippen LogP contribution in [0.15, 0.2) is 28.7 Å². The average Bonchev–Trinajstić information content (AvgIpc) is 2.88. The summed E-state index contributed by atoms with van der Waals surface area (Å²) in [5.41, 5.74) is 1.55. The maximum Gasteiger partial charge on any atom is 0.295 e. The van der Waals surface area contributed by atoms with E-state index in [1.165, 1.54) is 0 Å². The first-order valence-electron chi connectivity index (χ1n) is 7.64. The molecule has 0 radical (unpaired) electrons. The molecule has 6 nitrogen and oxygen atoms in total. The lowest BCUT2D eigenvalue weighted by Gasteiger charge is -2.35. The third-order valence-corrected chi connectivity index (χ3v) is 3.68. The van der Waals surface area contributed by atoms with Gasteiger partial charge < -0.3 is 19.4 Å². The molecule has 0 bridgehead atoms. The van der Waals surface area contributed by atoms with E-state index >= 15 is 0 Å². The van der Waals surface area contributed by atoms with Gasteiger partial charge in [0.15, 0.2) is 5.58 Å². The van der Waals surface area contributed by atoms with Gasteiger partial charge in [0, 0.05) is 26.1 Å². The van der Waals surface area contributed by atoms with E-state index in [0.717, 1.165) is 11.1 Å². The largest absolute Gasteiger partial charge is 0.424 e. The molecule has 2 atom stereocenters. The molecule has 1 N–H and O–H groups in total. The molecule has 1 fully saturated rings. The minimum Gasteiger partial charge on any atom is -0.424 e. The Morgan fingerprint density at radius 3 is 2.77 bits per heavy atom. The first kappa shape index (κ1) is 14.8. The van der Waals surface area contributed by atoms with Gasteiger partial charge in [-0.25, -0.2) is 0 Å². The third kappa shape index (κ3) is 3.39. The molecule has 1 aliphatic rings. The molecular weight excluding hydrogens is 282 g/mol. The average molecular weight is 303 g/mol. The van der Waals surface area contributed by atoms with E-state index in [-0.39, 0.29) is 18.1 Å². The molecule has 0 saturated carbocycles. The Hall–Kier alpha value is -2.08. The fourth-order valence-corrected chi connectivity index (χ4v) is 2.76. The maximum atomic E-state index is 12.2. The Morgan fingerprint density at radius 2 is 2.05 bits per heavy atom. The van der Waals surface area contributed by atoms with Crippen LogP contribution in [0.3, 0.4) is 0 Å². The molecule has 0 spiro atoms. The normalized spacial score (nSPS) is 22.0. The van der Waals surface area contributed by atoms with Crippen molar-refractivity contribution in [1.82, 2.24) is 9.88 Å². The highest BCUT2D eigenvalue weighted by Gasteiger charge is 2.25. The van der Waals surface area contributed by atoms with E-state index in [1.54, 1.807) is 0 Å². The van der Waals surface area contributed by atoms with Crippen LogP contribution in [0.5, 0.6) is 0 Å². The van der Waals surface area contributed by atoms with Crippen LogP contribution in [0.1, 0.15) is 20.3 Å². The number of carbonyl (C=O) groups is 1. The monoisotopic (exact) mass is 303 g/mol. The van der Waals surface area contributed by atoms with Crippen LogP contribution >= 0.6 is 0 Å². The van der Waals surface area contributed by atoms with Crippen LogP contribution in [0, 0.1) is 0 Å². The minimum absolute atomic E-state index is 0.0951. The minimum atomic E-state index is 0.0951. The molecule has 1 saturated heterocycles. The number of nitrogens with zero attached hydrogens (tertiary/aromatic N) is 2. The number of amides is 1. The molecule has 118 valence electrons. The summed E-state index contributed by atoms with van der Waals surface area (Å²) in [4.78, 5) is 18.4. The van der Waals surface area contributed by atoms with Gasteiger partial charge in [-0.2, -0.15) is 4.98 Å². The van der Waals surface area contributed by atoms with Gasteiger partial charge >= 0.3 is 0 Å². The molecule has 22 heavy (non-hydrogen) atoms. The van der Waals surface area contributed by atoms with E-state index in [9.17, 15) is 4.79 Å². The van der Waals surface area contributed by atoms with Crippen LogP contribution in [0.4, 0.5) is 6.01 Å². The zero-order valence-electron chi connectivity index (χ0n) is 12.9. The number of aromatic nitrogens is 1. The molecule has 0 unspecified atom stereocenters. The second kappa shape index (κ2) is 6.36. The number of benzene rings is 1. The summed E-state index contributed by atoms with van der Waals surface area (Å²) in [6.45, 7) is 5.81. The third-order valence-electron chi connectivity index (χ3n) is 3.68. The molecule has 1 amide bonds. The van der Waals surface area contributed by atoms with Crippen LogP contribution in [0.25, 0.3) is 11.1 Å². The Balaban J connectivity index is 1.51. The van der Waals surface area contributed by atoms with Crippen molar-refractivity contribution in [2.45, 2.75) is 32.5 Å². The van der Waals surface area contributed by atoms with Crippen LogP contribution in [-0.4, -0.2) is 47.6 Å². The number of ether oxygens (including phenoxy) is 1. The zero-order chi connectivity index (χ0) is 15.5. The van der Waals surface area contributed by atoms with E-state index in [4.69, 9.17) is 9.15 Å². The number of morpholine rings is 1. The summed E-state index contributed by atoms with van der Waals surface area (Å²) < 4.78 is 11.2. The number of oxazole rings is 1. The van der Waals surface area contributed by atoms with E-state index in [0.29, 0.717) is 32.1 Å². The van der Waals surface area contributed by atoms with Crippen LogP contribution in [-0.2, 0) is 9.53 Å². The van der Waals surface area contributed by atoms with E-state index in [1.807, 2.05) is 43.0 Å². The topological polar surface area (TPSA) is 67.6 Å². The van der Waals surface area contributed by atoms with E-state index < -0.39 is 0 Å². The van der Waals surface area contributed by atoms with Crippen molar-refractivity contribution in [3.63, 3.8) is 0 Å². The molecular formula is C16H21N3O3. The van der Waals surface area contributed by atoms with Gasteiger partial charge in [-0.1, -0.05) is 12.1 Å². The molecule has 6 heteroatoms. The van der Waals surface area contributed by atoms with Crippen LogP contribution < -0.4 is 5.32 Å². The molecule has 3 rings (SSSR count). The Labute approximate surface area is 129 Å². The van der Waals surface area contributed by atoms with Crippen molar-refractivity contribution in [3.05, 3.63) is 24.3 Å². The SMILES string of the molecule is C[C@H]1CN(C(=O)CCNc2nc3ccccc3o2)C[C@H](C)O1. The molecule has 1 aliphatic heterocycles. The van der Waals surface area contributed by atoms with Gasteiger partial charge in [0.25, 0.3) is 6.01 Å². The maximum absolute atomic E-state index is 12.2. The lowest BCUT2D eigenvalue weighted by atomic mass is 10.2. The van der Waals surface area contributed by atoms with Crippen molar-refractivity contribution >= 4 is 23.0 Å². The number of para-hydroxylation sites is 2. The number of hydrogen-bond donors (Lipinski definition) is 1. The highest BCUT2D eigenvalue weighted by molar-refractivity contribution is 5.77. The Morgan fingerprint density at radius 1 is 1.32 bits per heavy atom. The molecule has 2 aromatic rings. The number of anilines is 1. The smallest absolute Gasteiger partial charge is 0.295 e. The number of rotatable bonds is 4. The Kier molecular flexibility index (Phi) is 4.29. The fraction of sp³-hybridized carbons (Fsp3) is 0.500. The second-order valence-electron chi connectivity index (χ2n) is 5.72. The summed E-state index contributed by atoms with van der Waals surface area (Å²) in [5, 5.41) is 3.07.